The Balaban J connectivity index is 4.34. The van der Waals surface area contributed by atoms with Crippen molar-refractivity contribution in [3.8, 4) is 0 Å². The van der Waals surface area contributed by atoms with E-state index in [1.807, 2.05) is 0 Å². The molecule has 0 aliphatic carbocycles. The van der Waals surface area contributed by atoms with Gasteiger partial charge in [-0.1, -0.05) is 105 Å². The fourth-order valence-electron chi connectivity index (χ4n) is 4.68. The molecule has 0 aromatic rings. The summed E-state index contributed by atoms with van der Waals surface area (Å²) in [6.07, 6.45) is 19.1. The average Bonchev–Trinajstić information content (AvgIpc) is 2.84. The molecule has 0 saturated carbocycles. The number of nitrogens with zero attached hydrogens (tertiary/aromatic N) is 2. The lowest BCUT2D eigenvalue weighted by molar-refractivity contribution is -0.0262. The lowest BCUT2D eigenvalue weighted by Gasteiger charge is -2.27. The standard InChI is InChI=1S/C30H64N2O3/c1-5-9-13-17-21-31(22-18-14-10-6-2)25-29(33)27-35-28-30(34)26-32(23-19-15-11-7-3)24-20-16-12-8-4/h29-30,33-34H,5-28H2,1-4H3. The zero-order valence-corrected chi connectivity index (χ0v) is 24.3. The molecule has 0 rings (SSSR count). The Morgan fingerprint density at radius 1 is 0.457 bits per heavy atom. The zero-order chi connectivity index (χ0) is 26.0. The number of aliphatic hydroxyl groups excluding tert-OH is 2. The molecule has 0 aliphatic rings. The average molecular weight is 501 g/mol. The van der Waals surface area contributed by atoms with Crippen LogP contribution in [-0.2, 0) is 4.74 Å². The highest BCUT2D eigenvalue weighted by Crippen LogP contribution is 2.08. The Bertz CT molecular complexity index is 351. The number of hydrogen-bond donors (Lipinski definition) is 2. The largest absolute Gasteiger partial charge is 0.389 e. The Kier molecular flexibility index (Phi) is 26.7. The predicted molar refractivity (Wildman–Crippen MR) is 152 cm³/mol. The summed E-state index contributed by atoms with van der Waals surface area (Å²) in [6.45, 7) is 15.2. The van der Waals surface area contributed by atoms with E-state index in [0.717, 1.165) is 26.2 Å². The van der Waals surface area contributed by atoms with Crippen molar-refractivity contribution in [2.45, 2.75) is 143 Å². The Morgan fingerprint density at radius 2 is 0.743 bits per heavy atom. The van der Waals surface area contributed by atoms with E-state index in [4.69, 9.17) is 4.74 Å². The third kappa shape index (κ3) is 23.9. The molecule has 0 aromatic carbocycles. The van der Waals surface area contributed by atoms with Crippen LogP contribution in [0.2, 0.25) is 0 Å². The van der Waals surface area contributed by atoms with Crippen LogP contribution in [0.5, 0.6) is 0 Å². The molecule has 0 fully saturated rings. The van der Waals surface area contributed by atoms with Gasteiger partial charge >= 0.3 is 0 Å². The molecule has 0 amide bonds. The molecule has 0 radical (unpaired) electrons. The van der Waals surface area contributed by atoms with Gasteiger partial charge in [-0.25, -0.2) is 0 Å². The molecule has 35 heavy (non-hydrogen) atoms. The van der Waals surface area contributed by atoms with Gasteiger partial charge in [-0.15, -0.1) is 0 Å². The third-order valence-electron chi connectivity index (χ3n) is 6.87. The van der Waals surface area contributed by atoms with Gasteiger partial charge in [-0.2, -0.15) is 0 Å². The van der Waals surface area contributed by atoms with E-state index >= 15 is 0 Å². The SMILES string of the molecule is CCCCCCN(CCCCCC)CC(O)COCC(O)CN(CCCCCC)CCCCCC. The first-order chi connectivity index (χ1) is 17.1. The molecule has 5 heteroatoms. The van der Waals surface area contributed by atoms with Crippen LogP contribution in [0.25, 0.3) is 0 Å². The van der Waals surface area contributed by atoms with E-state index in [2.05, 4.69) is 37.5 Å². The second kappa shape index (κ2) is 26.9. The lowest BCUT2D eigenvalue weighted by Crippen LogP contribution is -2.39. The smallest absolute Gasteiger partial charge is 0.0900 e. The molecule has 2 atom stereocenters. The van der Waals surface area contributed by atoms with E-state index in [1.165, 1.54) is 103 Å². The van der Waals surface area contributed by atoms with Gasteiger partial charge in [0.15, 0.2) is 0 Å². The summed E-state index contributed by atoms with van der Waals surface area (Å²) in [4.78, 5) is 4.84. The van der Waals surface area contributed by atoms with Crippen molar-refractivity contribution in [1.29, 1.82) is 0 Å². The number of ether oxygens (including phenoxy) is 1. The first-order valence-corrected chi connectivity index (χ1v) is 15.5. The highest BCUT2D eigenvalue weighted by Gasteiger charge is 2.15. The van der Waals surface area contributed by atoms with E-state index in [0.29, 0.717) is 26.3 Å². The Labute approximate surface area is 220 Å². The van der Waals surface area contributed by atoms with E-state index in [9.17, 15) is 10.2 Å². The van der Waals surface area contributed by atoms with Crippen molar-refractivity contribution >= 4 is 0 Å². The fourth-order valence-corrected chi connectivity index (χ4v) is 4.68. The minimum absolute atomic E-state index is 0.310. The molecule has 0 heterocycles. The summed E-state index contributed by atoms with van der Waals surface area (Å²) in [5, 5.41) is 21.2. The van der Waals surface area contributed by atoms with Gasteiger partial charge < -0.3 is 24.7 Å². The van der Waals surface area contributed by atoms with Crippen LogP contribution in [0.4, 0.5) is 0 Å². The number of aliphatic hydroxyl groups is 2. The highest BCUT2D eigenvalue weighted by atomic mass is 16.5. The van der Waals surface area contributed by atoms with Crippen molar-refractivity contribution in [3.63, 3.8) is 0 Å². The van der Waals surface area contributed by atoms with Crippen molar-refractivity contribution in [2.24, 2.45) is 0 Å². The third-order valence-corrected chi connectivity index (χ3v) is 6.87. The van der Waals surface area contributed by atoms with Crippen molar-refractivity contribution in [2.75, 3.05) is 52.5 Å². The summed E-state index contributed by atoms with van der Waals surface area (Å²) >= 11 is 0. The highest BCUT2D eigenvalue weighted by molar-refractivity contribution is 4.68. The molecule has 5 nitrogen and oxygen atoms in total. The number of rotatable bonds is 28. The molecule has 2 N–H and O–H groups in total. The maximum absolute atomic E-state index is 10.6. The molecule has 2 unspecified atom stereocenters. The summed E-state index contributed by atoms with van der Waals surface area (Å²) in [6, 6.07) is 0. The number of hydrogen-bond acceptors (Lipinski definition) is 5. The first kappa shape index (κ1) is 34.8. The molecule has 0 bridgehead atoms. The monoisotopic (exact) mass is 500 g/mol. The second-order valence-electron chi connectivity index (χ2n) is 10.7. The van der Waals surface area contributed by atoms with Gasteiger partial charge in [-0.05, 0) is 51.9 Å². The fraction of sp³-hybridized carbons (Fsp3) is 1.00. The predicted octanol–water partition coefficient (Wildman–Crippen LogP) is 6.65. The topological polar surface area (TPSA) is 56.2 Å². The summed E-state index contributed by atoms with van der Waals surface area (Å²) < 4.78 is 5.78. The zero-order valence-electron chi connectivity index (χ0n) is 24.3. The van der Waals surface area contributed by atoms with Gasteiger partial charge in [0.1, 0.15) is 0 Å². The Hall–Kier alpha value is -0.200. The molecule has 0 saturated heterocycles. The minimum Gasteiger partial charge on any atom is -0.389 e. The van der Waals surface area contributed by atoms with Crippen molar-refractivity contribution in [1.82, 2.24) is 9.80 Å². The summed E-state index contributed by atoms with van der Waals surface area (Å²) in [7, 11) is 0. The maximum Gasteiger partial charge on any atom is 0.0900 e. The van der Waals surface area contributed by atoms with Crippen LogP contribution in [0.15, 0.2) is 0 Å². The van der Waals surface area contributed by atoms with Gasteiger partial charge in [0.2, 0.25) is 0 Å². The van der Waals surface area contributed by atoms with Gasteiger partial charge in [-0.3, -0.25) is 0 Å². The molecular formula is C30H64N2O3. The Morgan fingerprint density at radius 3 is 1.00 bits per heavy atom. The lowest BCUT2D eigenvalue weighted by atomic mass is 10.1. The van der Waals surface area contributed by atoms with Gasteiger partial charge in [0.05, 0.1) is 25.4 Å². The van der Waals surface area contributed by atoms with Crippen LogP contribution < -0.4 is 0 Å². The summed E-state index contributed by atoms with van der Waals surface area (Å²) in [5.41, 5.74) is 0. The molecule has 212 valence electrons. The molecular weight excluding hydrogens is 436 g/mol. The second-order valence-corrected chi connectivity index (χ2v) is 10.7. The van der Waals surface area contributed by atoms with E-state index < -0.39 is 12.2 Å². The van der Waals surface area contributed by atoms with Crippen LogP contribution in [0.1, 0.15) is 130 Å². The summed E-state index contributed by atoms with van der Waals surface area (Å²) in [5.74, 6) is 0. The normalized spacial score (nSPS) is 13.7. The van der Waals surface area contributed by atoms with Crippen LogP contribution in [-0.4, -0.2) is 84.7 Å². The van der Waals surface area contributed by atoms with Gasteiger partial charge in [0, 0.05) is 13.1 Å². The molecule has 0 spiro atoms. The minimum atomic E-state index is -0.487. The van der Waals surface area contributed by atoms with E-state index in [1.54, 1.807) is 0 Å². The van der Waals surface area contributed by atoms with Crippen LogP contribution >= 0.6 is 0 Å². The van der Waals surface area contributed by atoms with Crippen LogP contribution in [0.3, 0.4) is 0 Å². The molecule has 0 aromatic heterocycles. The van der Waals surface area contributed by atoms with Gasteiger partial charge in [0.25, 0.3) is 0 Å². The van der Waals surface area contributed by atoms with Crippen LogP contribution in [0, 0.1) is 0 Å². The van der Waals surface area contributed by atoms with Crippen molar-refractivity contribution < 1.29 is 14.9 Å². The maximum atomic E-state index is 10.6. The quantitative estimate of drug-likeness (QED) is 0.118. The van der Waals surface area contributed by atoms with Crippen molar-refractivity contribution in [3.05, 3.63) is 0 Å². The first-order valence-electron chi connectivity index (χ1n) is 15.5. The molecule has 0 aliphatic heterocycles. The van der Waals surface area contributed by atoms with E-state index in [-0.39, 0.29) is 0 Å². The number of unbranched alkanes of at least 4 members (excludes halogenated alkanes) is 12.